The summed E-state index contributed by atoms with van der Waals surface area (Å²) < 4.78 is 1.89. The average molecular weight is 293 g/mol. The van der Waals surface area contributed by atoms with Gasteiger partial charge in [0.1, 0.15) is 6.33 Å². The van der Waals surface area contributed by atoms with Crippen LogP contribution in [0.3, 0.4) is 0 Å². The van der Waals surface area contributed by atoms with Crippen LogP contribution < -0.4 is 5.32 Å². The molecular weight excluding hydrogens is 274 g/mol. The van der Waals surface area contributed by atoms with Crippen molar-refractivity contribution in [3.63, 3.8) is 0 Å². The molecule has 112 valence electrons. The maximum atomic E-state index is 4.48. The maximum absolute atomic E-state index is 4.48. The lowest BCUT2D eigenvalue weighted by Gasteiger charge is -2.40. The molecule has 0 fully saturated rings. The molecule has 4 rings (SSSR count). The average Bonchev–Trinajstić information content (AvgIpc) is 2.99. The maximum Gasteiger partial charge on any atom is 0.203 e. The topological polar surface area (TPSA) is 55.1 Å². The first kappa shape index (κ1) is 13.2. The van der Waals surface area contributed by atoms with Crippen LogP contribution in [0.5, 0.6) is 0 Å². The van der Waals surface area contributed by atoms with Crippen molar-refractivity contribution in [2.24, 2.45) is 5.41 Å². The molecule has 5 nitrogen and oxygen atoms in total. The van der Waals surface area contributed by atoms with Crippen LogP contribution in [0.4, 0.5) is 5.82 Å². The smallest absolute Gasteiger partial charge is 0.203 e. The zero-order valence-electron chi connectivity index (χ0n) is 12.8. The highest BCUT2D eigenvalue weighted by Crippen LogP contribution is 2.45. The first-order valence-electron chi connectivity index (χ1n) is 7.64. The van der Waals surface area contributed by atoms with Gasteiger partial charge in [0.15, 0.2) is 5.82 Å². The van der Waals surface area contributed by atoms with Gasteiger partial charge in [-0.15, -0.1) is 10.2 Å². The fraction of sp³-hybridized carbons (Fsp3) is 0.353. The normalized spacial score (nSPS) is 19.8. The quantitative estimate of drug-likeness (QED) is 0.788. The number of benzene rings is 1. The second kappa shape index (κ2) is 4.80. The standard InChI is InChI=1S/C17H19N5/c1-17(2)8-7-12-5-3-4-6-13(12)14(17)20-15-16-21-19-11-22(16)10-9-18-15/h3-6,9-11,14H,7-8H2,1-2H3,(H,18,20)/t14-/m1/s1. The number of nitrogens with zero attached hydrogens (tertiary/aromatic N) is 4. The number of hydrogen-bond donors (Lipinski definition) is 1. The van der Waals surface area contributed by atoms with Crippen LogP contribution in [-0.4, -0.2) is 19.6 Å². The fourth-order valence-electron chi connectivity index (χ4n) is 3.34. The lowest BCUT2D eigenvalue weighted by Crippen LogP contribution is -2.33. The van der Waals surface area contributed by atoms with Crippen molar-refractivity contribution in [1.29, 1.82) is 0 Å². The Labute approximate surface area is 129 Å². The van der Waals surface area contributed by atoms with Crippen molar-refractivity contribution >= 4 is 11.5 Å². The van der Waals surface area contributed by atoms with Crippen LogP contribution >= 0.6 is 0 Å². The number of rotatable bonds is 2. The molecule has 1 aromatic carbocycles. The third-order valence-corrected chi connectivity index (χ3v) is 4.68. The van der Waals surface area contributed by atoms with Crippen molar-refractivity contribution < 1.29 is 0 Å². The Bertz CT molecular complexity index is 821. The minimum Gasteiger partial charge on any atom is -0.360 e. The molecule has 3 aromatic rings. The van der Waals surface area contributed by atoms with E-state index in [2.05, 4.69) is 58.6 Å². The monoisotopic (exact) mass is 293 g/mol. The Morgan fingerprint density at radius 2 is 2.14 bits per heavy atom. The number of hydrogen-bond acceptors (Lipinski definition) is 4. The zero-order chi connectivity index (χ0) is 15.2. The number of fused-ring (bicyclic) bond motifs is 2. The van der Waals surface area contributed by atoms with Crippen molar-refractivity contribution in [1.82, 2.24) is 19.6 Å². The lowest BCUT2D eigenvalue weighted by atomic mass is 9.70. The van der Waals surface area contributed by atoms with Crippen LogP contribution in [0.15, 0.2) is 43.0 Å². The molecule has 0 unspecified atom stereocenters. The number of aromatic nitrogens is 4. The highest BCUT2D eigenvalue weighted by Gasteiger charge is 2.36. The molecule has 2 heterocycles. The van der Waals surface area contributed by atoms with Crippen LogP contribution in [0.1, 0.15) is 37.4 Å². The first-order chi connectivity index (χ1) is 10.6. The molecular formula is C17H19N5. The molecule has 0 saturated carbocycles. The van der Waals surface area contributed by atoms with E-state index in [4.69, 9.17) is 0 Å². The predicted molar refractivity (Wildman–Crippen MR) is 85.7 cm³/mol. The molecule has 0 bridgehead atoms. The summed E-state index contributed by atoms with van der Waals surface area (Å²) in [7, 11) is 0. The summed E-state index contributed by atoms with van der Waals surface area (Å²) in [5.74, 6) is 0.787. The Balaban J connectivity index is 1.79. The fourth-order valence-corrected chi connectivity index (χ4v) is 3.34. The molecule has 1 aliphatic rings. The summed E-state index contributed by atoms with van der Waals surface area (Å²) in [6, 6.07) is 8.89. The van der Waals surface area contributed by atoms with E-state index in [-0.39, 0.29) is 11.5 Å². The summed E-state index contributed by atoms with van der Waals surface area (Å²) in [6.45, 7) is 4.62. The van der Waals surface area contributed by atoms with Gasteiger partial charge >= 0.3 is 0 Å². The molecule has 1 N–H and O–H groups in total. The van der Waals surface area contributed by atoms with E-state index in [9.17, 15) is 0 Å². The van der Waals surface area contributed by atoms with Gasteiger partial charge in [0.2, 0.25) is 5.65 Å². The van der Waals surface area contributed by atoms with Crippen molar-refractivity contribution in [2.45, 2.75) is 32.7 Å². The van der Waals surface area contributed by atoms with Gasteiger partial charge in [0.25, 0.3) is 0 Å². The van der Waals surface area contributed by atoms with E-state index in [0.717, 1.165) is 24.3 Å². The Hall–Kier alpha value is -2.43. The van der Waals surface area contributed by atoms with E-state index in [1.165, 1.54) is 11.1 Å². The molecule has 0 radical (unpaired) electrons. The first-order valence-corrected chi connectivity index (χ1v) is 7.64. The Morgan fingerprint density at radius 3 is 3.05 bits per heavy atom. The van der Waals surface area contributed by atoms with Gasteiger partial charge in [0.05, 0.1) is 6.04 Å². The van der Waals surface area contributed by atoms with Crippen molar-refractivity contribution in [3.05, 3.63) is 54.1 Å². The molecule has 2 aromatic heterocycles. The number of aryl methyl sites for hydroxylation is 1. The van der Waals surface area contributed by atoms with Crippen LogP contribution in [0.25, 0.3) is 5.65 Å². The zero-order valence-corrected chi connectivity index (χ0v) is 12.8. The van der Waals surface area contributed by atoms with Gasteiger partial charge in [-0.25, -0.2) is 4.98 Å². The minimum absolute atomic E-state index is 0.156. The largest absolute Gasteiger partial charge is 0.360 e. The van der Waals surface area contributed by atoms with Gasteiger partial charge < -0.3 is 5.32 Å². The van der Waals surface area contributed by atoms with E-state index >= 15 is 0 Å². The second-order valence-electron chi connectivity index (χ2n) is 6.60. The van der Waals surface area contributed by atoms with E-state index in [1.54, 1.807) is 12.5 Å². The molecule has 1 aliphatic carbocycles. The summed E-state index contributed by atoms with van der Waals surface area (Å²) in [4.78, 5) is 4.48. The van der Waals surface area contributed by atoms with Gasteiger partial charge in [0, 0.05) is 12.4 Å². The van der Waals surface area contributed by atoms with Crippen molar-refractivity contribution in [3.8, 4) is 0 Å². The number of nitrogens with one attached hydrogen (secondary N) is 1. The van der Waals surface area contributed by atoms with Gasteiger partial charge in [-0.2, -0.15) is 0 Å². The molecule has 1 atom stereocenters. The number of anilines is 1. The highest BCUT2D eigenvalue weighted by atomic mass is 15.2. The Morgan fingerprint density at radius 1 is 1.27 bits per heavy atom. The van der Waals surface area contributed by atoms with Crippen LogP contribution in [0.2, 0.25) is 0 Å². The van der Waals surface area contributed by atoms with E-state index < -0.39 is 0 Å². The summed E-state index contributed by atoms with van der Waals surface area (Å²) in [5.41, 5.74) is 3.71. The summed E-state index contributed by atoms with van der Waals surface area (Å²) in [6.07, 6.45) is 7.62. The van der Waals surface area contributed by atoms with Crippen LogP contribution in [-0.2, 0) is 6.42 Å². The van der Waals surface area contributed by atoms with Crippen molar-refractivity contribution in [2.75, 3.05) is 5.32 Å². The lowest BCUT2D eigenvalue weighted by molar-refractivity contribution is 0.265. The third kappa shape index (κ3) is 2.04. The molecule has 5 heteroatoms. The summed E-state index contributed by atoms with van der Waals surface area (Å²) >= 11 is 0. The molecule has 0 amide bonds. The molecule has 0 aliphatic heterocycles. The molecule has 0 spiro atoms. The Kier molecular flexibility index (Phi) is 2.89. The van der Waals surface area contributed by atoms with E-state index in [0.29, 0.717) is 0 Å². The van der Waals surface area contributed by atoms with Gasteiger partial charge in [-0.05, 0) is 29.4 Å². The molecule has 0 saturated heterocycles. The van der Waals surface area contributed by atoms with E-state index in [1.807, 2.05) is 10.6 Å². The minimum atomic E-state index is 0.156. The van der Waals surface area contributed by atoms with Gasteiger partial charge in [-0.1, -0.05) is 38.1 Å². The SMILES string of the molecule is CC1(C)CCc2ccccc2[C@H]1Nc1nccn2cnnc12. The molecule has 22 heavy (non-hydrogen) atoms. The third-order valence-electron chi connectivity index (χ3n) is 4.68. The predicted octanol–water partition coefficient (Wildman–Crippen LogP) is 3.25. The second-order valence-corrected chi connectivity index (χ2v) is 6.60. The van der Waals surface area contributed by atoms with Crippen LogP contribution in [0, 0.1) is 5.41 Å². The van der Waals surface area contributed by atoms with Gasteiger partial charge in [-0.3, -0.25) is 4.40 Å². The summed E-state index contributed by atoms with van der Waals surface area (Å²) in [5, 5.41) is 11.8. The highest BCUT2D eigenvalue weighted by molar-refractivity contribution is 5.62.